The minimum absolute atomic E-state index is 0.0303. The van der Waals surface area contributed by atoms with Crippen molar-refractivity contribution in [3.8, 4) is 11.5 Å². The third-order valence-corrected chi connectivity index (χ3v) is 7.01. The summed E-state index contributed by atoms with van der Waals surface area (Å²) in [5.74, 6) is 3.22. The van der Waals surface area contributed by atoms with E-state index in [1.165, 1.54) is 11.3 Å². The molecular formula is C24H24N2O4S2. The molecule has 2 heterocycles. The van der Waals surface area contributed by atoms with Gasteiger partial charge in [0.25, 0.3) is 0 Å². The third-order valence-electron chi connectivity index (χ3n) is 4.87. The van der Waals surface area contributed by atoms with E-state index in [1.807, 2.05) is 54.6 Å². The fraction of sp³-hybridized carbons (Fsp3) is 0.250. The normalized spacial score (nSPS) is 10.9. The van der Waals surface area contributed by atoms with Crippen molar-refractivity contribution >= 4 is 44.4 Å². The third kappa shape index (κ3) is 5.44. The number of hydrogen-bond acceptors (Lipinski definition) is 7. The van der Waals surface area contributed by atoms with Gasteiger partial charge in [-0.05, 0) is 66.8 Å². The standard InChI is InChI=1S/C24H24N2O4S2/c1-28-17-7-10-20(11-8-17)31-14-4-6-23(27)26(16-19-5-3-13-30-19)24-25-21-12-9-18(29-2)15-22(21)32-24/h3,5,7-13,15H,4,6,14,16H2,1-2H3. The molecule has 4 rings (SSSR count). The van der Waals surface area contributed by atoms with Crippen LogP contribution in [0.5, 0.6) is 11.5 Å². The van der Waals surface area contributed by atoms with Crippen molar-refractivity contribution < 1.29 is 18.7 Å². The van der Waals surface area contributed by atoms with E-state index >= 15 is 0 Å². The molecule has 1 amide bonds. The highest BCUT2D eigenvalue weighted by Gasteiger charge is 2.21. The average Bonchev–Trinajstić information content (AvgIpc) is 3.49. The molecule has 0 saturated carbocycles. The highest BCUT2D eigenvalue weighted by Crippen LogP contribution is 2.33. The second kappa shape index (κ2) is 10.6. The van der Waals surface area contributed by atoms with E-state index in [1.54, 1.807) is 37.1 Å². The molecular weight excluding hydrogens is 444 g/mol. The first-order chi connectivity index (χ1) is 15.7. The van der Waals surface area contributed by atoms with Crippen LogP contribution in [0.25, 0.3) is 10.2 Å². The number of amides is 1. The molecule has 0 aliphatic heterocycles. The molecule has 0 unspecified atom stereocenters. The predicted molar refractivity (Wildman–Crippen MR) is 129 cm³/mol. The average molecular weight is 469 g/mol. The topological polar surface area (TPSA) is 64.8 Å². The first kappa shape index (κ1) is 22.2. The molecule has 6 nitrogen and oxygen atoms in total. The molecule has 0 saturated heterocycles. The summed E-state index contributed by atoms with van der Waals surface area (Å²) in [6, 6.07) is 17.4. The Balaban J connectivity index is 1.43. The Morgan fingerprint density at radius 1 is 1.09 bits per heavy atom. The number of furan rings is 1. The van der Waals surface area contributed by atoms with Crippen molar-refractivity contribution in [1.82, 2.24) is 4.98 Å². The van der Waals surface area contributed by atoms with Gasteiger partial charge in [0.15, 0.2) is 5.13 Å². The second-order valence-electron chi connectivity index (χ2n) is 7.02. The summed E-state index contributed by atoms with van der Waals surface area (Å²) in [6.07, 6.45) is 2.82. The smallest absolute Gasteiger partial charge is 0.229 e. The quantitative estimate of drug-likeness (QED) is 0.210. The monoisotopic (exact) mass is 468 g/mol. The fourth-order valence-electron chi connectivity index (χ4n) is 3.18. The van der Waals surface area contributed by atoms with Gasteiger partial charge in [-0.25, -0.2) is 4.98 Å². The maximum absolute atomic E-state index is 13.2. The molecule has 0 radical (unpaired) electrons. The van der Waals surface area contributed by atoms with Crippen LogP contribution in [-0.4, -0.2) is 30.9 Å². The lowest BCUT2D eigenvalue weighted by atomic mass is 10.3. The van der Waals surface area contributed by atoms with Gasteiger partial charge >= 0.3 is 0 Å². The minimum Gasteiger partial charge on any atom is -0.497 e. The number of thiazole rings is 1. The summed E-state index contributed by atoms with van der Waals surface area (Å²) in [7, 11) is 3.30. The van der Waals surface area contributed by atoms with E-state index in [9.17, 15) is 4.79 Å². The number of carbonyl (C=O) groups excluding carboxylic acids is 1. The summed E-state index contributed by atoms with van der Waals surface area (Å²) >= 11 is 3.21. The predicted octanol–water partition coefficient (Wildman–Crippen LogP) is 6.01. The highest BCUT2D eigenvalue weighted by molar-refractivity contribution is 7.99. The summed E-state index contributed by atoms with van der Waals surface area (Å²) in [5, 5.41) is 0.664. The SMILES string of the molecule is COc1ccc(SCCCC(=O)N(Cc2ccco2)c2nc3ccc(OC)cc3s2)cc1. The van der Waals surface area contributed by atoms with Gasteiger partial charge < -0.3 is 13.9 Å². The molecule has 4 aromatic rings. The summed E-state index contributed by atoms with van der Waals surface area (Å²) in [4.78, 5) is 20.7. The number of benzene rings is 2. The van der Waals surface area contributed by atoms with Gasteiger partial charge in [0, 0.05) is 11.3 Å². The number of methoxy groups -OCH3 is 2. The van der Waals surface area contributed by atoms with Crippen LogP contribution in [0.4, 0.5) is 5.13 Å². The molecule has 0 aliphatic rings. The fourth-order valence-corrected chi connectivity index (χ4v) is 5.04. The maximum Gasteiger partial charge on any atom is 0.229 e. The van der Waals surface area contributed by atoms with E-state index in [4.69, 9.17) is 18.9 Å². The van der Waals surface area contributed by atoms with Crippen LogP contribution >= 0.6 is 23.1 Å². The Labute approximate surface area is 195 Å². The summed E-state index contributed by atoms with van der Waals surface area (Å²) in [5.41, 5.74) is 0.845. The zero-order chi connectivity index (χ0) is 22.3. The van der Waals surface area contributed by atoms with Crippen molar-refractivity contribution in [2.45, 2.75) is 24.3 Å². The number of carbonyl (C=O) groups is 1. The van der Waals surface area contributed by atoms with Crippen molar-refractivity contribution in [1.29, 1.82) is 0 Å². The molecule has 0 bridgehead atoms. The molecule has 0 fully saturated rings. The number of anilines is 1. The molecule has 8 heteroatoms. The van der Waals surface area contributed by atoms with E-state index < -0.39 is 0 Å². The lowest BCUT2D eigenvalue weighted by molar-refractivity contribution is -0.118. The molecule has 32 heavy (non-hydrogen) atoms. The number of thioether (sulfide) groups is 1. The molecule has 0 atom stereocenters. The first-order valence-corrected chi connectivity index (χ1v) is 12.0. The Morgan fingerprint density at radius 3 is 2.59 bits per heavy atom. The Kier molecular flexibility index (Phi) is 7.34. The van der Waals surface area contributed by atoms with Gasteiger partial charge in [0.05, 0.1) is 37.2 Å². The van der Waals surface area contributed by atoms with E-state index in [2.05, 4.69) is 0 Å². The number of aromatic nitrogens is 1. The van der Waals surface area contributed by atoms with Crippen LogP contribution in [0.15, 0.2) is 70.2 Å². The number of rotatable bonds is 10. The van der Waals surface area contributed by atoms with Crippen LogP contribution < -0.4 is 14.4 Å². The van der Waals surface area contributed by atoms with Gasteiger partial charge in [-0.15, -0.1) is 11.8 Å². The Bertz CT molecular complexity index is 1160. The largest absolute Gasteiger partial charge is 0.497 e. The van der Waals surface area contributed by atoms with Crippen molar-refractivity contribution in [2.24, 2.45) is 0 Å². The second-order valence-corrected chi connectivity index (χ2v) is 9.19. The zero-order valence-corrected chi connectivity index (χ0v) is 19.6. The van der Waals surface area contributed by atoms with E-state index in [0.29, 0.717) is 18.1 Å². The van der Waals surface area contributed by atoms with Crippen LogP contribution in [0, 0.1) is 0 Å². The lowest BCUT2D eigenvalue weighted by Crippen LogP contribution is -2.30. The van der Waals surface area contributed by atoms with Crippen molar-refractivity contribution in [3.63, 3.8) is 0 Å². The van der Waals surface area contributed by atoms with Crippen molar-refractivity contribution in [2.75, 3.05) is 24.9 Å². The zero-order valence-electron chi connectivity index (χ0n) is 17.9. The summed E-state index contributed by atoms with van der Waals surface area (Å²) < 4.78 is 17.0. The molecule has 0 N–H and O–H groups in total. The Morgan fingerprint density at radius 2 is 1.88 bits per heavy atom. The first-order valence-electron chi connectivity index (χ1n) is 10.2. The molecule has 0 spiro atoms. The van der Waals surface area contributed by atoms with Gasteiger partial charge in [0.1, 0.15) is 17.3 Å². The number of ether oxygens (including phenoxy) is 2. The van der Waals surface area contributed by atoms with Gasteiger partial charge in [0.2, 0.25) is 5.91 Å². The minimum atomic E-state index is 0.0303. The van der Waals surface area contributed by atoms with Crippen LogP contribution in [0.3, 0.4) is 0 Å². The Hall–Kier alpha value is -2.97. The summed E-state index contributed by atoms with van der Waals surface area (Å²) in [6.45, 7) is 0.356. The number of nitrogens with zero attached hydrogens (tertiary/aromatic N) is 2. The van der Waals surface area contributed by atoms with E-state index in [-0.39, 0.29) is 5.91 Å². The maximum atomic E-state index is 13.2. The number of fused-ring (bicyclic) bond motifs is 1. The number of hydrogen-bond donors (Lipinski definition) is 0. The lowest BCUT2D eigenvalue weighted by Gasteiger charge is -2.18. The van der Waals surface area contributed by atoms with Crippen molar-refractivity contribution in [3.05, 3.63) is 66.6 Å². The molecule has 0 aliphatic carbocycles. The van der Waals surface area contributed by atoms with Crippen LogP contribution in [0.2, 0.25) is 0 Å². The van der Waals surface area contributed by atoms with Gasteiger partial charge in [-0.1, -0.05) is 11.3 Å². The van der Waals surface area contributed by atoms with Gasteiger partial charge in [-0.3, -0.25) is 9.69 Å². The van der Waals surface area contributed by atoms with Gasteiger partial charge in [-0.2, -0.15) is 0 Å². The molecule has 166 valence electrons. The van der Waals surface area contributed by atoms with Crippen LogP contribution in [-0.2, 0) is 11.3 Å². The van der Waals surface area contributed by atoms with Crippen LogP contribution in [0.1, 0.15) is 18.6 Å². The molecule has 2 aromatic carbocycles. The highest BCUT2D eigenvalue weighted by atomic mass is 32.2. The van der Waals surface area contributed by atoms with E-state index in [0.717, 1.165) is 44.5 Å². The molecule has 2 aromatic heterocycles.